The average Bonchev–Trinajstić information content (AvgIpc) is 1.62. The minimum absolute atomic E-state index is 0. The third-order valence-corrected chi connectivity index (χ3v) is 12.9. The Morgan fingerprint density at radius 3 is 1.65 bits per heavy atom. The van der Waals surface area contributed by atoms with Crippen molar-refractivity contribution in [3.8, 4) is 0 Å². The molecule has 3 radical (unpaired) electrons. The summed E-state index contributed by atoms with van der Waals surface area (Å²) >= 11 is 0. The summed E-state index contributed by atoms with van der Waals surface area (Å²) in [6.07, 6.45) is 22.8. The number of pyridine rings is 2. The van der Waals surface area contributed by atoms with E-state index in [4.69, 9.17) is 160 Å². The van der Waals surface area contributed by atoms with Gasteiger partial charge in [-0.15, -0.1) is 0 Å². The van der Waals surface area contributed by atoms with Crippen LogP contribution in [0.2, 0.25) is 0 Å². The Balaban J connectivity index is -0.0000000187. The van der Waals surface area contributed by atoms with Gasteiger partial charge < -0.3 is 15.3 Å². The molecule has 2 aromatic carbocycles. The molecular weight excluding hydrogens is 724 g/mol. The van der Waals surface area contributed by atoms with Crippen LogP contribution in [-0.4, -0.2) is 38.1 Å². The molecule has 6 aromatic rings. The summed E-state index contributed by atoms with van der Waals surface area (Å²) in [6.45, 7) is 0. The van der Waals surface area contributed by atoms with Crippen LogP contribution in [0.4, 0.5) is 8.78 Å². The fraction of sp³-hybridized carbons (Fsp3) is 0.426. The molecule has 10 heteroatoms. The van der Waals surface area contributed by atoms with E-state index in [-0.39, 0.29) is 87.9 Å². The van der Waals surface area contributed by atoms with E-state index >= 15 is 0 Å². The second-order valence-electron chi connectivity index (χ2n) is 16.3. The summed E-state index contributed by atoms with van der Waals surface area (Å²) in [5.74, 6) is 1.91. The Labute approximate surface area is 527 Å². The molecule has 1 N–H and O–H groups in total. The van der Waals surface area contributed by atoms with Gasteiger partial charge in [0.25, 0.3) is 0 Å². The number of Topliss-reactive ketones (excluding diaryl/α,β-unsaturated/α-hetero) is 1. The fourth-order valence-corrected chi connectivity index (χ4v) is 9.58. The van der Waals surface area contributed by atoms with Gasteiger partial charge in [0.1, 0.15) is 11.6 Å². The number of carbonyl (C=O) groups excluding carboxylic acids is 1. The summed E-state index contributed by atoms with van der Waals surface area (Å²) < 4.78 is 572. The first-order valence-corrected chi connectivity index (χ1v) is 20.0. The van der Waals surface area contributed by atoms with Gasteiger partial charge in [-0.3, -0.25) is 4.79 Å². The monoisotopic (exact) mass is 995 g/mol. The summed E-state index contributed by atoms with van der Waals surface area (Å²) in [4.78, 5) is 22.0. The molecule has 4 aromatic heterocycles. The van der Waals surface area contributed by atoms with Crippen LogP contribution in [0.5, 0.6) is 0 Å². The van der Waals surface area contributed by atoms with Gasteiger partial charge in [-0.05, 0) is 153 Å². The van der Waals surface area contributed by atoms with Crippen molar-refractivity contribution in [2.75, 3.05) is 0 Å². The van der Waals surface area contributed by atoms with Crippen molar-refractivity contribution in [1.29, 1.82) is 0 Å². The molecule has 4 aliphatic carbocycles. The van der Waals surface area contributed by atoms with E-state index in [1.54, 1.807) is 30.9 Å². The molecule has 57 heavy (non-hydrogen) atoms. The number of hydrogen-bond donors (Lipinski definition) is 1. The average molecular weight is 995 g/mol. The molecule has 1 atom stereocenters. The molecular formula is C47H161BF2N4NaO2. The second-order valence-corrected chi connectivity index (χ2v) is 16.3. The normalized spacial score (nSPS) is 29.9. The number of hydrogen-bond acceptors (Lipinski definition) is 4. The zero-order chi connectivity index (χ0) is 145. The Morgan fingerprint density at radius 2 is 1.11 bits per heavy atom. The number of aliphatic hydroxyl groups is 1. The van der Waals surface area contributed by atoms with E-state index in [0.717, 1.165) is 84.7 Å². The maximum absolute atomic E-state index is 14.1. The topological polar surface area (TPSA) is 71.9 Å². The smallest absolute Gasteiger partial charge is 1.00 e. The van der Waals surface area contributed by atoms with E-state index in [9.17, 15) is 18.7 Å². The molecule has 4 heterocycles. The van der Waals surface area contributed by atoms with Crippen LogP contribution in [0.25, 0.3) is 11.0 Å². The number of benzene rings is 2. The quantitative estimate of drug-likeness (QED) is 0.122. The molecule has 4 saturated carbocycles. The van der Waals surface area contributed by atoms with E-state index in [1.165, 1.54) is 42.9 Å². The largest absolute Gasteiger partial charge is 1.00 e. The first kappa shape index (κ1) is 11.6. The standard InChI is InChI=1S/C23H25FN2O.C23H23FN2O.CH4.B.Na.54H2.H/c2*24-20-4-2-1-3-18(20)15-7-9-17(10-8-15)23(27)22-19(16-5-6-16)11-12-26-14-25-13-21(22)26;;;;;;;;;;;;;;;;;;;;;;;;;;;;;;;;;;;;;;;;;;;;;;;;;;;;;;;;;;/h1-4,11-17,23,27H,5-10H2;1-4,11-17H,5-10H2;1H4;;;54*1H;/q;;;;+1;;;;;;;;;;;;;;;;;;;;;;;;;;;;;;;;;;;;;;;;;;;;;;;;;;;;;;;-1/i;;;;;54*1+1D;. The fourth-order valence-electron chi connectivity index (χ4n) is 9.58. The summed E-state index contributed by atoms with van der Waals surface area (Å²) in [7, 11) is 0. The zero-order valence-electron chi connectivity index (χ0n) is 141. The van der Waals surface area contributed by atoms with Crippen molar-refractivity contribution in [3.63, 3.8) is 0 Å². The number of imidazole rings is 2. The van der Waals surface area contributed by atoms with Crippen LogP contribution in [0.3, 0.4) is 0 Å². The molecule has 0 saturated heterocycles. The van der Waals surface area contributed by atoms with Crippen LogP contribution >= 0.6 is 0 Å². The van der Waals surface area contributed by atoms with Crippen LogP contribution < -0.4 is 29.6 Å². The maximum Gasteiger partial charge on any atom is 1.00 e. The van der Waals surface area contributed by atoms with Crippen LogP contribution in [0, 0.1) is 23.5 Å². The summed E-state index contributed by atoms with van der Waals surface area (Å²) in [5.41, 5.74) is 8.06. The van der Waals surface area contributed by atoms with Crippen molar-refractivity contribution in [2.24, 2.45) is 11.8 Å². The Bertz CT molecular complexity index is 2440. The maximum atomic E-state index is 14.1. The minimum atomic E-state index is -0.470. The van der Waals surface area contributed by atoms with Gasteiger partial charge in [0.2, 0.25) is 0 Å². The van der Waals surface area contributed by atoms with Gasteiger partial charge in [0.05, 0.1) is 42.2 Å². The number of aliphatic hydroxyl groups excluding tert-OH is 1. The zero-order valence-corrected chi connectivity index (χ0v) is 34.2. The summed E-state index contributed by atoms with van der Waals surface area (Å²) in [5, 5.41) is 11.3. The van der Waals surface area contributed by atoms with Crippen LogP contribution in [0.15, 0.2) is 98.1 Å². The van der Waals surface area contributed by atoms with Crippen molar-refractivity contribution >= 4 is 25.2 Å². The number of halogens is 2. The van der Waals surface area contributed by atoms with Gasteiger partial charge >= 0.3 is 29.6 Å². The van der Waals surface area contributed by atoms with Gasteiger partial charge in [-0.1, -0.05) is 43.8 Å². The Morgan fingerprint density at radius 1 is 0.667 bits per heavy atom. The third kappa shape index (κ3) is 8.87. The van der Waals surface area contributed by atoms with Crippen LogP contribution in [-0.2, 0) is 0 Å². The molecule has 1 unspecified atom stereocenters. The predicted molar refractivity (Wildman–Crippen MR) is 334 cm³/mol. The second kappa shape index (κ2) is 18.5. The number of ketones is 1. The van der Waals surface area contributed by atoms with E-state index in [0.29, 0.717) is 11.8 Å². The third-order valence-electron chi connectivity index (χ3n) is 12.9. The molecule has 6 nitrogen and oxygen atoms in total. The number of aromatic nitrogens is 4. The van der Waals surface area contributed by atoms with Gasteiger partial charge in [0.15, 0.2) is 5.78 Å². The van der Waals surface area contributed by atoms with Crippen molar-refractivity contribution in [1.82, 2.24) is 18.8 Å². The molecule has 0 aliphatic heterocycles. The first-order chi connectivity index (χ1) is 80.4. The molecule has 0 amide bonds. The molecule has 4 aliphatic rings. The van der Waals surface area contributed by atoms with Crippen molar-refractivity contribution < 1.29 is 210 Å². The van der Waals surface area contributed by atoms with Gasteiger partial charge in [-0.25, -0.2) is 18.7 Å². The Hall–Kier alpha value is -3.63. The first-order valence-electron chi connectivity index (χ1n) is 74.0. The minimum Gasteiger partial charge on any atom is -1.00 e. The molecule has 0 bridgehead atoms. The van der Waals surface area contributed by atoms with Gasteiger partial charge in [-0.2, -0.15) is 0 Å². The number of carbonyl (C=O) groups is 1. The van der Waals surface area contributed by atoms with Crippen molar-refractivity contribution in [2.45, 2.75) is 114 Å². The van der Waals surface area contributed by atoms with E-state index in [1.807, 2.05) is 51.7 Å². The SMILES string of the molecule is C.O=C(c1c(C2CC2)ccn2cncc12)C1CCC(c2ccccc2F)CC1.OC(c1c(C2CC2)ccn2cncc12)C1CCC(c2ccccc2F)CC1.[2H][2H].[2H][2H].[2H][2H].[2H][2H].[2H][2H].[2H][2H].[2H][2H].[2H][2H].[2H][2H].[2H][2H].[2H][2H].[2H][2H].[2H][2H].[2H][2H].[2H][2H].[2H][2H].[2H][2H].[2H][2H].[2H][2H].[2H][2H].[2H][2H].[2H][2H].[2H][2H].[2H][2H].[2H][2H].[2H][2H].[2H][2H].[2H][2H].[2H][2H].[2H][2H].[2H][2H].[2H][2H].[2H][2H].[2H][2H].[2H][2H].[2H][2H].[2H][2H].[2H][2H].[2H][2H].[2H][2H].[2H][2H].[2H][2H].[2H][2H].[2H][2H].[2H][2H].[2H][2H].[2H][2H].[2H][2H].[2H][2H].[2H][2H].[2H][2H].[2H][2H].[2H][2H].[2H][2H].[B].[H-].[Na+]. The van der Waals surface area contributed by atoms with Crippen LogP contribution in [0.1, 0.15) is 314 Å². The molecule has 399 valence electrons. The summed E-state index contributed by atoms with van der Waals surface area (Å²) in [6, 6.07) is 18.5. The van der Waals surface area contributed by atoms with E-state index < -0.39 is 6.10 Å². The molecule has 4 fully saturated rings. The van der Waals surface area contributed by atoms with Crippen molar-refractivity contribution in [3.05, 3.63) is 143 Å². The number of nitrogens with zero attached hydrogens (tertiary/aromatic N) is 4. The van der Waals surface area contributed by atoms with E-state index in [2.05, 4.69) is 28.3 Å². The Kier molecular flexibility index (Phi) is 3.77. The predicted octanol–water partition coefficient (Wildman–Crippen LogP) is 21.5. The molecule has 10 rings (SSSR count). The number of rotatable bonds is 8. The van der Waals surface area contributed by atoms with Gasteiger partial charge in [0, 0.05) is 198 Å². The number of fused-ring (bicyclic) bond motifs is 2. The molecule has 0 spiro atoms.